The number of nitrogens with one attached hydrogen (secondary N) is 1. The van der Waals surface area contributed by atoms with Gasteiger partial charge < -0.3 is 15.0 Å². The number of amides is 2. The molecule has 12 heteroatoms. The summed E-state index contributed by atoms with van der Waals surface area (Å²) in [5.74, 6) is -0.0682. The van der Waals surface area contributed by atoms with Gasteiger partial charge in [-0.3, -0.25) is 13.9 Å². The zero-order valence-corrected chi connectivity index (χ0v) is 26.8. The summed E-state index contributed by atoms with van der Waals surface area (Å²) in [6.45, 7) is -0.133. The predicted octanol–water partition coefficient (Wildman–Crippen LogP) is 5.96. The van der Waals surface area contributed by atoms with Crippen LogP contribution in [0.4, 0.5) is 18.9 Å². The van der Waals surface area contributed by atoms with Gasteiger partial charge in [0.15, 0.2) is 0 Å². The number of halogens is 3. The normalized spacial score (nSPS) is 14.5. The molecule has 1 aliphatic carbocycles. The van der Waals surface area contributed by atoms with Gasteiger partial charge in [-0.1, -0.05) is 61.4 Å². The maximum absolute atomic E-state index is 14.0. The molecule has 0 radical (unpaired) electrons. The highest BCUT2D eigenvalue weighted by Crippen LogP contribution is 2.32. The number of anilines is 1. The fourth-order valence-electron chi connectivity index (χ4n) is 5.73. The third-order valence-electron chi connectivity index (χ3n) is 8.07. The van der Waals surface area contributed by atoms with E-state index in [4.69, 9.17) is 4.74 Å². The lowest BCUT2D eigenvalue weighted by atomic mass is 10.0. The number of carbonyl (C=O) groups is 2. The third kappa shape index (κ3) is 9.72. The number of methoxy groups -OCH3 is 1. The lowest BCUT2D eigenvalue weighted by Gasteiger charge is -2.33. The van der Waals surface area contributed by atoms with E-state index in [1.54, 1.807) is 18.2 Å². The average Bonchev–Trinajstić information content (AvgIpc) is 3.53. The number of hydrogen-bond donors (Lipinski definition) is 1. The molecule has 4 rings (SSSR count). The molecule has 0 aromatic heterocycles. The van der Waals surface area contributed by atoms with Gasteiger partial charge in [0.05, 0.1) is 24.6 Å². The van der Waals surface area contributed by atoms with E-state index >= 15 is 0 Å². The van der Waals surface area contributed by atoms with Gasteiger partial charge in [0.1, 0.15) is 11.8 Å². The van der Waals surface area contributed by atoms with Crippen LogP contribution in [0.5, 0.6) is 5.75 Å². The fourth-order valence-corrected chi connectivity index (χ4v) is 6.69. The largest absolute Gasteiger partial charge is 0.497 e. The van der Waals surface area contributed by atoms with Crippen LogP contribution >= 0.6 is 0 Å². The molecule has 0 spiro atoms. The first kappa shape index (κ1) is 34.8. The standard InChI is InChI=1S/C34H40F3N3O5S/c1-45-30-18-8-13-26(21-30)24-39(31(22-25-11-4-3-5-12-25)33(42)38-28-15-6-7-16-28)32(41)19-10-20-40(46(2,43)44)29-17-9-14-27(23-29)34(35,36)37/h3-5,8-9,11-14,17-18,21,23,28,31H,6-7,10,15-16,19-20,22,24H2,1-2H3,(H,38,42). The molecule has 0 heterocycles. The Morgan fingerprint density at radius 1 is 0.957 bits per heavy atom. The van der Waals surface area contributed by atoms with E-state index in [1.807, 2.05) is 36.4 Å². The zero-order valence-electron chi connectivity index (χ0n) is 26.0. The third-order valence-corrected chi connectivity index (χ3v) is 9.27. The van der Waals surface area contributed by atoms with Crippen molar-refractivity contribution < 1.29 is 35.9 Å². The number of ether oxygens (including phenoxy) is 1. The molecule has 1 saturated carbocycles. The van der Waals surface area contributed by atoms with Gasteiger partial charge in [0.2, 0.25) is 21.8 Å². The van der Waals surface area contributed by atoms with Gasteiger partial charge in [-0.2, -0.15) is 13.2 Å². The van der Waals surface area contributed by atoms with E-state index in [2.05, 4.69) is 5.32 Å². The van der Waals surface area contributed by atoms with Gasteiger partial charge >= 0.3 is 6.18 Å². The van der Waals surface area contributed by atoms with Crippen molar-refractivity contribution in [2.24, 2.45) is 0 Å². The highest BCUT2D eigenvalue weighted by Gasteiger charge is 2.33. The lowest BCUT2D eigenvalue weighted by Crippen LogP contribution is -2.52. The molecule has 0 saturated heterocycles. The van der Waals surface area contributed by atoms with Crippen molar-refractivity contribution in [3.63, 3.8) is 0 Å². The first-order valence-corrected chi connectivity index (χ1v) is 17.1. The molecule has 2 amide bonds. The lowest BCUT2D eigenvalue weighted by molar-refractivity contribution is -0.141. The van der Waals surface area contributed by atoms with Crippen LogP contribution < -0.4 is 14.4 Å². The Morgan fingerprint density at radius 3 is 2.28 bits per heavy atom. The topological polar surface area (TPSA) is 96.0 Å². The van der Waals surface area contributed by atoms with Crippen molar-refractivity contribution in [3.05, 3.63) is 95.6 Å². The van der Waals surface area contributed by atoms with E-state index < -0.39 is 27.8 Å². The summed E-state index contributed by atoms with van der Waals surface area (Å²) >= 11 is 0. The number of alkyl halides is 3. The van der Waals surface area contributed by atoms with Crippen molar-refractivity contribution in [2.75, 3.05) is 24.2 Å². The van der Waals surface area contributed by atoms with Gasteiger partial charge in [0.25, 0.3) is 0 Å². The number of nitrogens with zero attached hydrogens (tertiary/aromatic N) is 2. The minimum absolute atomic E-state index is 0.0130. The van der Waals surface area contributed by atoms with Gasteiger partial charge in [-0.25, -0.2) is 8.42 Å². The van der Waals surface area contributed by atoms with Crippen LogP contribution in [0.2, 0.25) is 0 Å². The Labute approximate surface area is 268 Å². The SMILES string of the molecule is COc1cccc(CN(C(=O)CCCN(c2cccc(C(F)(F)F)c2)S(C)(=O)=O)C(Cc2ccccc2)C(=O)NC2CCCC2)c1. The first-order chi connectivity index (χ1) is 21.8. The Morgan fingerprint density at radius 2 is 1.63 bits per heavy atom. The Bertz CT molecular complexity index is 1580. The quantitative estimate of drug-likeness (QED) is 0.231. The van der Waals surface area contributed by atoms with E-state index in [9.17, 15) is 31.2 Å². The van der Waals surface area contributed by atoms with Gasteiger partial charge in [0, 0.05) is 32.0 Å². The minimum Gasteiger partial charge on any atom is -0.497 e. The van der Waals surface area contributed by atoms with Crippen LogP contribution in [0.25, 0.3) is 0 Å². The molecule has 0 aliphatic heterocycles. The molecule has 46 heavy (non-hydrogen) atoms. The summed E-state index contributed by atoms with van der Waals surface area (Å²) in [6, 6.07) is 19.8. The second kappa shape index (κ2) is 15.5. The summed E-state index contributed by atoms with van der Waals surface area (Å²) in [5, 5.41) is 3.14. The Hall–Kier alpha value is -4.06. The Balaban J connectivity index is 1.61. The average molecular weight is 660 g/mol. The van der Waals surface area contributed by atoms with Crippen LogP contribution in [-0.4, -0.2) is 57.1 Å². The molecule has 1 unspecified atom stereocenters. The summed E-state index contributed by atoms with van der Waals surface area (Å²) < 4.78 is 71.7. The minimum atomic E-state index is -4.65. The molecule has 1 fully saturated rings. The van der Waals surface area contributed by atoms with E-state index in [0.717, 1.165) is 65.6 Å². The molecule has 3 aromatic carbocycles. The summed E-state index contributed by atoms with van der Waals surface area (Å²) in [5.41, 5.74) is 0.485. The number of carbonyl (C=O) groups excluding carboxylic acids is 2. The highest BCUT2D eigenvalue weighted by molar-refractivity contribution is 7.92. The van der Waals surface area contributed by atoms with Crippen LogP contribution in [0.3, 0.4) is 0 Å². The molecule has 8 nitrogen and oxygen atoms in total. The maximum atomic E-state index is 14.0. The molecular weight excluding hydrogens is 619 g/mol. The van der Waals surface area contributed by atoms with Crippen LogP contribution in [0.15, 0.2) is 78.9 Å². The molecule has 1 atom stereocenters. The first-order valence-electron chi connectivity index (χ1n) is 15.3. The van der Waals surface area contributed by atoms with Crippen molar-refractivity contribution in [1.82, 2.24) is 10.2 Å². The maximum Gasteiger partial charge on any atom is 0.416 e. The predicted molar refractivity (Wildman–Crippen MR) is 171 cm³/mol. The number of rotatable bonds is 14. The summed E-state index contributed by atoms with van der Waals surface area (Å²) in [7, 11) is -2.44. The van der Waals surface area contributed by atoms with Crippen LogP contribution in [-0.2, 0) is 38.8 Å². The van der Waals surface area contributed by atoms with Crippen LogP contribution in [0, 0.1) is 0 Å². The van der Waals surface area contributed by atoms with Gasteiger partial charge in [-0.05, 0) is 60.7 Å². The Kier molecular flexibility index (Phi) is 11.7. The monoisotopic (exact) mass is 659 g/mol. The molecule has 3 aromatic rings. The molecular formula is C34H40F3N3O5S. The zero-order chi connectivity index (χ0) is 33.3. The second-order valence-electron chi connectivity index (χ2n) is 11.6. The van der Waals surface area contributed by atoms with Gasteiger partial charge in [-0.15, -0.1) is 0 Å². The molecule has 1 aliphatic rings. The summed E-state index contributed by atoms with van der Waals surface area (Å²) in [4.78, 5) is 29.4. The smallest absolute Gasteiger partial charge is 0.416 e. The van der Waals surface area contributed by atoms with Crippen molar-refractivity contribution >= 4 is 27.5 Å². The number of benzene rings is 3. The van der Waals surface area contributed by atoms with E-state index in [0.29, 0.717) is 5.75 Å². The van der Waals surface area contributed by atoms with Crippen molar-refractivity contribution in [3.8, 4) is 5.75 Å². The molecule has 1 N–H and O–H groups in total. The van der Waals surface area contributed by atoms with Crippen molar-refractivity contribution in [1.29, 1.82) is 0 Å². The molecule has 0 bridgehead atoms. The number of hydrogen-bond acceptors (Lipinski definition) is 5. The highest BCUT2D eigenvalue weighted by atomic mass is 32.2. The second-order valence-corrected chi connectivity index (χ2v) is 13.5. The fraction of sp³-hybridized carbons (Fsp3) is 0.412. The van der Waals surface area contributed by atoms with E-state index in [-0.39, 0.29) is 55.9 Å². The van der Waals surface area contributed by atoms with Crippen LogP contribution in [0.1, 0.15) is 55.2 Å². The molecule has 248 valence electrons. The summed E-state index contributed by atoms with van der Waals surface area (Å²) in [6.07, 6.45) is 0.156. The van der Waals surface area contributed by atoms with Crippen molar-refractivity contribution in [2.45, 2.75) is 69.8 Å². The van der Waals surface area contributed by atoms with E-state index in [1.165, 1.54) is 18.1 Å². The number of sulfonamides is 1.